The van der Waals surface area contributed by atoms with E-state index >= 15 is 0 Å². The molecule has 3 aliphatic carbocycles. The molecule has 6 rings (SSSR count). The van der Waals surface area contributed by atoms with Gasteiger partial charge in [-0.05, 0) is 77.6 Å². The normalized spacial score (nSPS) is 27.7. The number of anilines is 1. The van der Waals surface area contributed by atoms with Gasteiger partial charge in [-0.3, -0.25) is 0 Å². The van der Waals surface area contributed by atoms with Crippen molar-refractivity contribution in [3.05, 3.63) is 53.6 Å². The highest BCUT2D eigenvalue weighted by Crippen LogP contribution is 2.65. The number of sulfonamides is 1. The average Bonchev–Trinajstić information content (AvgIpc) is 3.20. The van der Waals surface area contributed by atoms with Gasteiger partial charge < -0.3 is 14.6 Å². The van der Waals surface area contributed by atoms with Crippen LogP contribution in [0.4, 0.5) is 10.5 Å². The van der Waals surface area contributed by atoms with Crippen molar-refractivity contribution >= 4 is 34.3 Å². The molecular weight excluding hydrogens is 499 g/mol. The molecule has 0 spiro atoms. The standard InChI is InChI=1S/C29H39BN2O5S/c1-17(2)22-9-8-10-23(18(3)4)26(22)31-27(33)32-38(34,35)21-13-11-20(12-14-21)30-36-25-16-19-15-24(28(19,5)6)29(25,7)37-30/h8-14,17-19,24-25H,15-16H2,1-7H3,(H2,31,32,33)/t19-,24?,25?,29-/m0/s1. The van der Waals surface area contributed by atoms with Gasteiger partial charge in [0.1, 0.15) is 0 Å². The summed E-state index contributed by atoms with van der Waals surface area (Å²) in [5.41, 5.74) is 3.26. The van der Waals surface area contributed by atoms with Crippen molar-refractivity contribution in [2.75, 3.05) is 5.32 Å². The van der Waals surface area contributed by atoms with Gasteiger partial charge in [-0.25, -0.2) is 17.9 Å². The molecule has 4 fully saturated rings. The van der Waals surface area contributed by atoms with Crippen molar-refractivity contribution in [3.63, 3.8) is 0 Å². The fourth-order valence-corrected chi connectivity index (χ4v) is 7.74. The van der Waals surface area contributed by atoms with Crippen molar-refractivity contribution in [1.29, 1.82) is 0 Å². The van der Waals surface area contributed by atoms with Crippen molar-refractivity contribution in [2.24, 2.45) is 17.3 Å². The summed E-state index contributed by atoms with van der Waals surface area (Å²) in [5.74, 6) is 1.43. The zero-order chi connectivity index (χ0) is 27.6. The number of nitrogens with one attached hydrogen (secondary N) is 2. The third kappa shape index (κ3) is 4.46. The van der Waals surface area contributed by atoms with E-state index < -0.39 is 23.2 Å². The number of hydrogen-bond acceptors (Lipinski definition) is 5. The Morgan fingerprint density at radius 3 is 2.13 bits per heavy atom. The maximum atomic E-state index is 13.0. The van der Waals surface area contributed by atoms with Crippen LogP contribution in [0.5, 0.6) is 0 Å². The first kappa shape index (κ1) is 27.2. The Bertz CT molecular complexity index is 1310. The SMILES string of the molecule is CC(C)c1cccc(C(C)C)c1NC(=O)NS(=O)(=O)c1ccc(B2OC3C[C@@H]4CC(C4(C)C)[C@]3(C)O2)cc1. The Balaban J connectivity index is 1.29. The van der Waals surface area contributed by atoms with Crippen LogP contribution >= 0.6 is 0 Å². The molecule has 1 saturated heterocycles. The molecule has 2 N–H and O–H groups in total. The minimum atomic E-state index is -4.08. The van der Waals surface area contributed by atoms with Gasteiger partial charge >= 0.3 is 13.1 Å². The van der Waals surface area contributed by atoms with Crippen LogP contribution in [-0.4, -0.2) is 33.3 Å². The van der Waals surface area contributed by atoms with Crippen molar-refractivity contribution < 1.29 is 22.5 Å². The van der Waals surface area contributed by atoms with Gasteiger partial charge in [-0.15, -0.1) is 0 Å². The van der Waals surface area contributed by atoms with E-state index in [0.717, 1.165) is 23.0 Å². The molecule has 2 aromatic carbocycles. The van der Waals surface area contributed by atoms with Crippen molar-refractivity contribution in [1.82, 2.24) is 4.72 Å². The van der Waals surface area contributed by atoms with Gasteiger partial charge in [0.25, 0.3) is 10.0 Å². The summed E-state index contributed by atoms with van der Waals surface area (Å²) in [4.78, 5) is 12.9. The molecule has 38 heavy (non-hydrogen) atoms. The Kier molecular flexibility index (Phi) is 6.72. The second kappa shape index (κ2) is 9.38. The molecule has 1 heterocycles. The second-order valence-electron chi connectivity index (χ2n) is 12.6. The van der Waals surface area contributed by atoms with E-state index in [1.807, 2.05) is 45.9 Å². The van der Waals surface area contributed by atoms with Crippen LogP contribution in [-0.2, 0) is 19.3 Å². The molecule has 4 atom stereocenters. The molecule has 9 heteroatoms. The number of amides is 2. The van der Waals surface area contributed by atoms with E-state index in [2.05, 4.69) is 30.8 Å². The largest absolute Gasteiger partial charge is 0.494 e. The summed E-state index contributed by atoms with van der Waals surface area (Å²) >= 11 is 0. The number of urea groups is 1. The third-order valence-corrected chi connectivity index (χ3v) is 10.6. The summed E-state index contributed by atoms with van der Waals surface area (Å²) in [6, 6.07) is 11.5. The smallest absolute Gasteiger partial charge is 0.402 e. The lowest BCUT2D eigenvalue weighted by Gasteiger charge is -2.64. The van der Waals surface area contributed by atoms with Crippen LogP contribution in [0.2, 0.25) is 0 Å². The molecular formula is C29H39BN2O5S. The molecule has 7 nitrogen and oxygen atoms in total. The maximum absolute atomic E-state index is 13.0. The van der Waals surface area contributed by atoms with Gasteiger partial charge in [0, 0.05) is 5.69 Å². The fraction of sp³-hybridized carbons (Fsp3) is 0.552. The summed E-state index contributed by atoms with van der Waals surface area (Å²) in [7, 11) is -4.61. The molecule has 204 valence electrons. The zero-order valence-corrected chi connectivity index (χ0v) is 24.2. The highest BCUT2D eigenvalue weighted by molar-refractivity contribution is 7.90. The predicted octanol–water partition coefficient (Wildman–Crippen LogP) is 5.38. The van der Waals surface area contributed by atoms with Crippen molar-refractivity contribution in [3.8, 4) is 0 Å². The first-order valence-corrected chi connectivity index (χ1v) is 15.1. The van der Waals surface area contributed by atoms with Crippen LogP contribution in [0.25, 0.3) is 0 Å². The summed E-state index contributed by atoms with van der Waals surface area (Å²) in [5, 5.41) is 2.80. The molecule has 2 amide bonds. The first-order valence-electron chi connectivity index (χ1n) is 13.6. The number of hydrogen-bond donors (Lipinski definition) is 2. The topological polar surface area (TPSA) is 93.7 Å². The fourth-order valence-electron chi connectivity index (χ4n) is 6.83. The van der Waals surface area contributed by atoms with Crippen LogP contribution in [0.3, 0.4) is 0 Å². The number of benzene rings is 2. The monoisotopic (exact) mass is 538 g/mol. The third-order valence-electron chi connectivity index (χ3n) is 9.25. The lowest BCUT2D eigenvalue weighted by Crippen LogP contribution is -2.65. The van der Waals surface area contributed by atoms with Crippen LogP contribution < -0.4 is 15.5 Å². The van der Waals surface area contributed by atoms with E-state index in [4.69, 9.17) is 9.31 Å². The van der Waals surface area contributed by atoms with E-state index in [0.29, 0.717) is 17.5 Å². The van der Waals surface area contributed by atoms with Gasteiger partial charge in [-0.1, -0.05) is 71.9 Å². The minimum Gasteiger partial charge on any atom is -0.402 e. The lowest BCUT2D eigenvalue weighted by molar-refractivity contribution is -0.199. The predicted molar refractivity (Wildman–Crippen MR) is 150 cm³/mol. The first-order chi connectivity index (χ1) is 17.7. The van der Waals surface area contributed by atoms with Crippen LogP contribution in [0, 0.1) is 17.3 Å². The van der Waals surface area contributed by atoms with Crippen LogP contribution in [0.1, 0.15) is 84.3 Å². The highest BCUT2D eigenvalue weighted by atomic mass is 32.2. The van der Waals surface area contributed by atoms with E-state index in [1.54, 1.807) is 12.1 Å². The van der Waals surface area contributed by atoms with E-state index in [9.17, 15) is 13.2 Å². The Morgan fingerprint density at radius 1 is 0.974 bits per heavy atom. The second-order valence-corrected chi connectivity index (χ2v) is 14.2. The summed E-state index contributed by atoms with van der Waals surface area (Å²) < 4.78 is 41.1. The molecule has 1 aliphatic heterocycles. The van der Waals surface area contributed by atoms with Crippen LogP contribution in [0.15, 0.2) is 47.4 Å². The van der Waals surface area contributed by atoms with Gasteiger partial charge in [-0.2, -0.15) is 0 Å². The maximum Gasteiger partial charge on any atom is 0.494 e. The molecule has 2 aromatic rings. The Labute approximate surface area is 227 Å². The number of para-hydroxylation sites is 1. The number of carbonyl (C=O) groups excluding carboxylic acids is 1. The minimum absolute atomic E-state index is 0.00245. The van der Waals surface area contributed by atoms with Gasteiger partial charge in [0.2, 0.25) is 0 Å². The summed E-state index contributed by atoms with van der Waals surface area (Å²) in [6.45, 7) is 14.9. The average molecular weight is 539 g/mol. The highest BCUT2D eigenvalue weighted by Gasteiger charge is 2.68. The quantitative estimate of drug-likeness (QED) is 0.482. The number of rotatable bonds is 6. The molecule has 3 saturated carbocycles. The van der Waals surface area contributed by atoms with Gasteiger partial charge in [0.15, 0.2) is 0 Å². The Hall–Kier alpha value is -2.36. The zero-order valence-electron chi connectivity index (χ0n) is 23.4. The Morgan fingerprint density at radius 2 is 1.58 bits per heavy atom. The van der Waals surface area contributed by atoms with Gasteiger partial charge in [0.05, 0.1) is 16.6 Å². The molecule has 4 aliphatic rings. The molecule has 0 aromatic heterocycles. The molecule has 0 radical (unpaired) electrons. The lowest BCUT2D eigenvalue weighted by atomic mass is 9.43. The van der Waals surface area contributed by atoms with E-state index in [-0.39, 0.29) is 33.9 Å². The van der Waals surface area contributed by atoms with E-state index in [1.165, 1.54) is 18.6 Å². The molecule has 2 bridgehead atoms. The summed E-state index contributed by atoms with van der Waals surface area (Å²) in [6.07, 6.45) is 2.20. The number of carbonyl (C=O) groups is 1. The molecule has 2 unspecified atom stereocenters. The van der Waals surface area contributed by atoms with Crippen molar-refractivity contribution in [2.45, 2.75) is 89.7 Å².